The van der Waals surface area contributed by atoms with Gasteiger partial charge >= 0.3 is 5.97 Å². The monoisotopic (exact) mass is 299 g/mol. The lowest BCUT2D eigenvalue weighted by atomic mass is 9.98. The molecule has 22 heavy (non-hydrogen) atoms. The summed E-state index contributed by atoms with van der Waals surface area (Å²) in [7, 11) is 0. The van der Waals surface area contributed by atoms with Gasteiger partial charge in [0.25, 0.3) is 5.91 Å². The minimum absolute atomic E-state index is 0.156. The van der Waals surface area contributed by atoms with Crippen molar-refractivity contribution in [2.45, 2.75) is 26.3 Å². The number of fused-ring (bicyclic) bond motifs is 1. The van der Waals surface area contributed by atoms with E-state index in [0.29, 0.717) is 24.2 Å². The Morgan fingerprint density at radius 3 is 2.73 bits per heavy atom. The molecular formula is C17H17NO4. The molecule has 1 aliphatic heterocycles. The lowest BCUT2D eigenvalue weighted by molar-refractivity contribution is -0.136. The van der Waals surface area contributed by atoms with Crippen molar-refractivity contribution < 1.29 is 19.1 Å². The van der Waals surface area contributed by atoms with Crippen molar-refractivity contribution in [2.24, 2.45) is 0 Å². The van der Waals surface area contributed by atoms with Gasteiger partial charge in [0.1, 0.15) is 12.2 Å². The molecule has 0 saturated heterocycles. The van der Waals surface area contributed by atoms with Crippen LogP contribution >= 0.6 is 0 Å². The first-order chi connectivity index (χ1) is 10.6. The number of hydrogen-bond acceptors (Lipinski definition) is 3. The van der Waals surface area contributed by atoms with E-state index >= 15 is 0 Å². The van der Waals surface area contributed by atoms with Crippen LogP contribution in [-0.4, -0.2) is 28.4 Å². The maximum absolute atomic E-state index is 12.8. The number of rotatable bonds is 3. The van der Waals surface area contributed by atoms with Gasteiger partial charge in [-0.1, -0.05) is 24.3 Å². The summed E-state index contributed by atoms with van der Waals surface area (Å²) in [5, 5.41) is 8.94. The van der Waals surface area contributed by atoms with Crippen molar-refractivity contribution in [2.75, 3.05) is 6.54 Å². The maximum atomic E-state index is 12.8. The fourth-order valence-electron chi connectivity index (χ4n) is 2.88. The summed E-state index contributed by atoms with van der Waals surface area (Å²) in [4.78, 5) is 25.4. The number of carboxylic acids is 1. The number of benzene rings is 1. The average molecular weight is 299 g/mol. The first-order valence-electron chi connectivity index (χ1n) is 7.21. The van der Waals surface area contributed by atoms with E-state index < -0.39 is 5.97 Å². The van der Waals surface area contributed by atoms with E-state index in [0.717, 1.165) is 12.0 Å². The molecule has 5 nitrogen and oxygen atoms in total. The third-order valence-corrected chi connectivity index (χ3v) is 3.99. The normalized spacial score (nSPS) is 13.8. The molecule has 0 atom stereocenters. The number of carboxylic acid groups (broad SMARTS) is 1. The summed E-state index contributed by atoms with van der Waals surface area (Å²) in [6, 6.07) is 8.07. The van der Waals surface area contributed by atoms with Crippen LogP contribution in [0.5, 0.6) is 0 Å². The van der Waals surface area contributed by atoms with Crippen molar-refractivity contribution in [3.05, 3.63) is 58.5 Å². The predicted octanol–water partition coefficient (Wildman–Crippen LogP) is 2.41. The van der Waals surface area contributed by atoms with Crippen LogP contribution in [-0.2, 0) is 24.2 Å². The molecule has 1 N–H and O–H groups in total. The van der Waals surface area contributed by atoms with E-state index in [4.69, 9.17) is 9.52 Å². The average Bonchev–Trinajstić information content (AvgIpc) is 2.86. The Morgan fingerprint density at radius 2 is 2.00 bits per heavy atom. The molecule has 1 aromatic heterocycles. The number of carbonyl (C=O) groups excluding carboxylic acids is 1. The number of amides is 1. The minimum atomic E-state index is -1.01. The summed E-state index contributed by atoms with van der Waals surface area (Å²) in [5.41, 5.74) is 3.48. The molecule has 3 rings (SSSR count). The lowest BCUT2D eigenvalue weighted by Gasteiger charge is -2.29. The summed E-state index contributed by atoms with van der Waals surface area (Å²) >= 11 is 0. The van der Waals surface area contributed by atoms with Gasteiger partial charge in [0.05, 0.1) is 11.8 Å². The fraction of sp³-hybridized carbons (Fsp3) is 0.294. The molecule has 0 aliphatic carbocycles. The second-order valence-corrected chi connectivity index (χ2v) is 5.53. The van der Waals surface area contributed by atoms with E-state index in [1.165, 1.54) is 11.8 Å². The highest BCUT2D eigenvalue weighted by atomic mass is 16.4. The summed E-state index contributed by atoms with van der Waals surface area (Å²) < 4.78 is 5.26. The van der Waals surface area contributed by atoms with Crippen LogP contribution in [0.3, 0.4) is 0 Å². The number of aliphatic carboxylic acids is 1. The van der Waals surface area contributed by atoms with Gasteiger partial charge in [0, 0.05) is 18.7 Å². The Labute approximate surface area is 128 Å². The summed E-state index contributed by atoms with van der Waals surface area (Å²) in [6.45, 7) is 2.94. The van der Waals surface area contributed by atoms with E-state index in [2.05, 4.69) is 6.07 Å². The molecule has 1 aromatic carbocycles. The van der Waals surface area contributed by atoms with Crippen molar-refractivity contribution in [1.29, 1.82) is 0 Å². The Morgan fingerprint density at radius 1 is 1.27 bits per heavy atom. The van der Waals surface area contributed by atoms with Crippen molar-refractivity contribution in [3.63, 3.8) is 0 Å². The van der Waals surface area contributed by atoms with E-state index in [1.807, 2.05) is 18.2 Å². The highest BCUT2D eigenvalue weighted by Gasteiger charge is 2.27. The van der Waals surface area contributed by atoms with Crippen LogP contribution in [0.15, 0.2) is 34.9 Å². The van der Waals surface area contributed by atoms with Crippen LogP contribution in [0.25, 0.3) is 0 Å². The topological polar surface area (TPSA) is 70.7 Å². The molecule has 5 heteroatoms. The van der Waals surface area contributed by atoms with Gasteiger partial charge in [0.15, 0.2) is 0 Å². The zero-order chi connectivity index (χ0) is 15.7. The first-order valence-corrected chi connectivity index (χ1v) is 7.21. The Balaban J connectivity index is 1.86. The number of carbonyl (C=O) groups is 2. The maximum Gasteiger partial charge on any atom is 0.311 e. The van der Waals surface area contributed by atoms with Crippen molar-refractivity contribution >= 4 is 11.9 Å². The molecule has 0 bridgehead atoms. The van der Waals surface area contributed by atoms with Gasteiger partial charge < -0.3 is 14.4 Å². The van der Waals surface area contributed by atoms with Crippen LogP contribution in [0, 0.1) is 6.92 Å². The number of nitrogens with zero attached hydrogens (tertiary/aromatic N) is 1. The van der Waals surface area contributed by atoms with Crippen molar-refractivity contribution in [3.8, 4) is 0 Å². The molecule has 2 aromatic rings. The van der Waals surface area contributed by atoms with Crippen LogP contribution in [0.2, 0.25) is 0 Å². The van der Waals surface area contributed by atoms with Crippen LogP contribution in [0.4, 0.5) is 0 Å². The zero-order valence-electron chi connectivity index (χ0n) is 12.3. The number of hydrogen-bond donors (Lipinski definition) is 1. The first kappa shape index (κ1) is 14.4. The zero-order valence-corrected chi connectivity index (χ0v) is 12.3. The second-order valence-electron chi connectivity index (χ2n) is 5.53. The van der Waals surface area contributed by atoms with Gasteiger partial charge in [-0.15, -0.1) is 0 Å². The van der Waals surface area contributed by atoms with E-state index in [9.17, 15) is 9.59 Å². The van der Waals surface area contributed by atoms with E-state index in [1.54, 1.807) is 11.8 Å². The Hall–Kier alpha value is -2.56. The largest absolute Gasteiger partial charge is 0.481 e. The molecule has 0 fully saturated rings. The van der Waals surface area contributed by atoms with Crippen LogP contribution < -0.4 is 0 Å². The standard InChI is InChI=1S/C17H17NO4/c1-11-10-22-14(8-15(19)20)16(11)17(21)18-7-6-12-4-2-3-5-13(12)9-18/h2-5,10H,6-9H2,1H3,(H,19,20). The van der Waals surface area contributed by atoms with Crippen molar-refractivity contribution in [1.82, 2.24) is 4.90 Å². The SMILES string of the molecule is Cc1coc(CC(=O)O)c1C(=O)N1CCc2ccccc2C1. The highest BCUT2D eigenvalue weighted by molar-refractivity contribution is 5.97. The Bertz CT molecular complexity index is 732. The molecular weight excluding hydrogens is 282 g/mol. The molecule has 0 saturated carbocycles. The summed E-state index contributed by atoms with van der Waals surface area (Å²) in [5.74, 6) is -0.932. The molecule has 114 valence electrons. The minimum Gasteiger partial charge on any atom is -0.481 e. The quantitative estimate of drug-likeness (QED) is 0.945. The van der Waals surface area contributed by atoms with Gasteiger partial charge in [-0.3, -0.25) is 9.59 Å². The highest BCUT2D eigenvalue weighted by Crippen LogP contribution is 2.24. The molecule has 0 radical (unpaired) electrons. The third-order valence-electron chi connectivity index (χ3n) is 3.99. The van der Waals surface area contributed by atoms with E-state index in [-0.39, 0.29) is 18.1 Å². The molecule has 1 aliphatic rings. The van der Waals surface area contributed by atoms with Gasteiger partial charge in [-0.25, -0.2) is 0 Å². The molecule has 1 amide bonds. The van der Waals surface area contributed by atoms with Gasteiger partial charge in [-0.2, -0.15) is 0 Å². The molecule has 2 heterocycles. The molecule has 0 spiro atoms. The van der Waals surface area contributed by atoms with Gasteiger partial charge in [-0.05, 0) is 24.5 Å². The second kappa shape index (κ2) is 5.67. The smallest absolute Gasteiger partial charge is 0.311 e. The molecule has 0 unspecified atom stereocenters. The Kier molecular flexibility index (Phi) is 3.71. The lowest BCUT2D eigenvalue weighted by Crippen LogP contribution is -2.36. The fourth-order valence-corrected chi connectivity index (χ4v) is 2.88. The summed E-state index contributed by atoms with van der Waals surface area (Å²) in [6.07, 6.45) is 1.98. The predicted molar refractivity (Wildman–Crippen MR) is 79.7 cm³/mol. The number of furan rings is 1. The van der Waals surface area contributed by atoms with Gasteiger partial charge in [0.2, 0.25) is 0 Å². The van der Waals surface area contributed by atoms with Crippen LogP contribution in [0.1, 0.15) is 32.8 Å². The third kappa shape index (κ3) is 2.62. The number of aryl methyl sites for hydroxylation is 1.